The average Bonchev–Trinajstić information content (AvgIpc) is 2.79. The van der Waals surface area contributed by atoms with Crippen LogP contribution in [0.25, 0.3) is 22.5 Å². The van der Waals surface area contributed by atoms with Crippen molar-refractivity contribution in [2.75, 3.05) is 5.32 Å². The largest absolute Gasteiger partial charge is 0.364 e. The normalized spacial score (nSPS) is 10.9. The molecule has 4 rings (SSSR count). The van der Waals surface area contributed by atoms with Gasteiger partial charge in [0.15, 0.2) is 0 Å². The zero-order chi connectivity index (χ0) is 20.9. The van der Waals surface area contributed by atoms with E-state index in [2.05, 4.69) is 15.4 Å². The molecule has 150 valence electrons. The first-order valence-corrected chi connectivity index (χ1v) is 9.92. The van der Waals surface area contributed by atoms with Crippen LogP contribution in [0.3, 0.4) is 0 Å². The van der Waals surface area contributed by atoms with Gasteiger partial charge >= 0.3 is 0 Å². The SMILES string of the molecule is CC(C)n1nc(-c2ccc(NCc3ccccn3)nc2-c2ccccc2)ccc1=O. The number of hydrogen-bond donors (Lipinski definition) is 1. The lowest BCUT2D eigenvalue weighted by atomic mass is 10.0. The minimum atomic E-state index is -0.114. The van der Waals surface area contributed by atoms with Gasteiger partial charge in [0.05, 0.1) is 29.7 Å². The van der Waals surface area contributed by atoms with Crippen molar-refractivity contribution < 1.29 is 0 Å². The molecule has 0 radical (unpaired) electrons. The van der Waals surface area contributed by atoms with Crippen LogP contribution in [0, 0.1) is 0 Å². The first-order valence-electron chi connectivity index (χ1n) is 9.92. The first-order chi connectivity index (χ1) is 14.6. The summed E-state index contributed by atoms with van der Waals surface area (Å²) in [7, 11) is 0. The Hall–Kier alpha value is -3.80. The third kappa shape index (κ3) is 4.27. The molecule has 30 heavy (non-hydrogen) atoms. The molecule has 0 aliphatic rings. The summed E-state index contributed by atoms with van der Waals surface area (Å²) in [5.74, 6) is 0.750. The van der Waals surface area contributed by atoms with E-state index < -0.39 is 0 Å². The van der Waals surface area contributed by atoms with Crippen LogP contribution in [0.15, 0.2) is 83.8 Å². The highest BCUT2D eigenvalue weighted by Crippen LogP contribution is 2.30. The van der Waals surface area contributed by atoms with Gasteiger partial charge in [-0.15, -0.1) is 0 Å². The lowest BCUT2D eigenvalue weighted by molar-refractivity contribution is 0.505. The van der Waals surface area contributed by atoms with Crippen molar-refractivity contribution in [1.29, 1.82) is 0 Å². The highest BCUT2D eigenvalue weighted by molar-refractivity contribution is 5.80. The summed E-state index contributed by atoms with van der Waals surface area (Å²) in [6, 6.07) is 23.0. The van der Waals surface area contributed by atoms with Crippen molar-refractivity contribution in [3.63, 3.8) is 0 Å². The van der Waals surface area contributed by atoms with E-state index in [1.807, 2.05) is 74.5 Å². The van der Waals surface area contributed by atoms with Gasteiger partial charge in [-0.2, -0.15) is 5.10 Å². The van der Waals surface area contributed by atoms with E-state index in [1.165, 1.54) is 4.68 Å². The number of anilines is 1. The van der Waals surface area contributed by atoms with E-state index in [9.17, 15) is 4.79 Å². The second-order valence-electron chi connectivity index (χ2n) is 7.23. The third-order valence-corrected chi connectivity index (χ3v) is 4.71. The molecule has 6 heteroatoms. The summed E-state index contributed by atoms with van der Waals surface area (Å²) in [5, 5.41) is 7.92. The van der Waals surface area contributed by atoms with E-state index in [4.69, 9.17) is 4.98 Å². The van der Waals surface area contributed by atoms with Crippen molar-refractivity contribution in [3.8, 4) is 22.5 Å². The second-order valence-corrected chi connectivity index (χ2v) is 7.23. The Morgan fingerprint density at radius 2 is 1.73 bits per heavy atom. The Kier molecular flexibility index (Phi) is 5.66. The fourth-order valence-electron chi connectivity index (χ4n) is 3.20. The summed E-state index contributed by atoms with van der Waals surface area (Å²) < 4.78 is 1.50. The van der Waals surface area contributed by atoms with Gasteiger partial charge < -0.3 is 5.32 Å². The van der Waals surface area contributed by atoms with Gasteiger partial charge in [-0.1, -0.05) is 36.4 Å². The number of aromatic nitrogens is 4. The third-order valence-electron chi connectivity index (χ3n) is 4.71. The number of pyridine rings is 2. The Balaban J connectivity index is 1.75. The zero-order valence-corrected chi connectivity index (χ0v) is 17.0. The summed E-state index contributed by atoms with van der Waals surface area (Å²) >= 11 is 0. The number of hydrogen-bond acceptors (Lipinski definition) is 5. The van der Waals surface area contributed by atoms with Crippen LogP contribution in [0.1, 0.15) is 25.6 Å². The van der Waals surface area contributed by atoms with Gasteiger partial charge in [0.25, 0.3) is 5.56 Å². The molecule has 0 fully saturated rings. The highest BCUT2D eigenvalue weighted by Gasteiger charge is 2.14. The summed E-state index contributed by atoms with van der Waals surface area (Å²) in [6.07, 6.45) is 1.78. The lowest BCUT2D eigenvalue weighted by Gasteiger charge is -2.14. The zero-order valence-electron chi connectivity index (χ0n) is 17.0. The molecule has 0 aliphatic carbocycles. The molecule has 0 aliphatic heterocycles. The maximum Gasteiger partial charge on any atom is 0.267 e. The molecule has 0 saturated heterocycles. The molecule has 0 spiro atoms. The molecule has 0 unspecified atom stereocenters. The van der Waals surface area contributed by atoms with Crippen LogP contribution in [0.2, 0.25) is 0 Å². The standard InChI is InChI=1S/C24H23N5O/c1-17(2)29-23(30)14-12-21(28-29)20-11-13-22(26-16-19-10-6-7-15-25-19)27-24(20)18-8-4-3-5-9-18/h3-15,17H,16H2,1-2H3,(H,26,27). The molecule has 3 aromatic heterocycles. The summed E-state index contributed by atoms with van der Waals surface area (Å²) in [6.45, 7) is 4.47. The van der Waals surface area contributed by atoms with Gasteiger partial charge in [-0.05, 0) is 44.2 Å². The van der Waals surface area contributed by atoms with Gasteiger partial charge in [0, 0.05) is 23.4 Å². The molecule has 0 saturated carbocycles. The maximum atomic E-state index is 12.1. The number of nitrogens with one attached hydrogen (secondary N) is 1. The molecule has 0 amide bonds. The number of nitrogens with zero attached hydrogens (tertiary/aromatic N) is 4. The Morgan fingerprint density at radius 3 is 2.47 bits per heavy atom. The van der Waals surface area contributed by atoms with Crippen LogP contribution in [-0.4, -0.2) is 19.7 Å². The molecule has 1 N–H and O–H groups in total. The summed E-state index contributed by atoms with van der Waals surface area (Å²) in [5.41, 5.74) is 4.21. The Morgan fingerprint density at radius 1 is 0.933 bits per heavy atom. The van der Waals surface area contributed by atoms with E-state index in [1.54, 1.807) is 18.3 Å². The minimum absolute atomic E-state index is 0.0232. The van der Waals surface area contributed by atoms with Crippen LogP contribution in [0.4, 0.5) is 5.82 Å². The van der Waals surface area contributed by atoms with Gasteiger partial charge in [0.2, 0.25) is 0 Å². The fourth-order valence-corrected chi connectivity index (χ4v) is 3.20. The van der Waals surface area contributed by atoms with Crippen molar-refractivity contribution in [2.45, 2.75) is 26.4 Å². The molecule has 0 atom stereocenters. The average molecular weight is 397 g/mol. The predicted octanol–water partition coefficient (Wildman–Crippen LogP) is 4.56. The molecule has 1 aromatic carbocycles. The van der Waals surface area contributed by atoms with Gasteiger partial charge in [-0.3, -0.25) is 9.78 Å². The first kappa shape index (κ1) is 19.5. The van der Waals surface area contributed by atoms with Crippen LogP contribution < -0.4 is 10.9 Å². The molecule has 6 nitrogen and oxygen atoms in total. The topological polar surface area (TPSA) is 72.7 Å². The van der Waals surface area contributed by atoms with Crippen molar-refractivity contribution in [1.82, 2.24) is 19.7 Å². The van der Waals surface area contributed by atoms with Crippen LogP contribution in [0.5, 0.6) is 0 Å². The highest BCUT2D eigenvalue weighted by atomic mass is 16.1. The van der Waals surface area contributed by atoms with E-state index in [-0.39, 0.29) is 11.6 Å². The van der Waals surface area contributed by atoms with E-state index >= 15 is 0 Å². The lowest BCUT2D eigenvalue weighted by Crippen LogP contribution is -2.24. The molecule has 3 heterocycles. The smallest absolute Gasteiger partial charge is 0.267 e. The molecule has 4 aromatic rings. The van der Waals surface area contributed by atoms with Gasteiger partial charge in [-0.25, -0.2) is 9.67 Å². The summed E-state index contributed by atoms with van der Waals surface area (Å²) in [4.78, 5) is 21.3. The predicted molar refractivity (Wildman–Crippen MR) is 119 cm³/mol. The van der Waals surface area contributed by atoms with E-state index in [0.29, 0.717) is 12.2 Å². The van der Waals surface area contributed by atoms with Crippen LogP contribution >= 0.6 is 0 Å². The number of rotatable bonds is 6. The number of benzene rings is 1. The van der Waals surface area contributed by atoms with Crippen molar-refractivity contribution in [3.05, 3.63) is 95.0 Å². The van der Waals surface area contributed by atoms with Crippen molar-refractivity contribution >= 4 is 5.82 Å². The minimum Gasteiger partial charge on any atom is -0.364 e. The van der Waals surface area contributed by atoms with Crippen molar-refractivity contribution in [2.24, 2.45) is 0 Å². The fraction of sp³-hybridized carbons (Fsp3) is 0.167. The maximum absolute atomic E-state index is 12.1. The monoisotopic (exact) mass is 397 g/mol. The van der Waals surface area contributed by atoms with Gasteiger partial charge in [0.1, 0.15) is 5.82 Å². The Bertz CT molecular complexity index is 1190. The Labute approximate surface area is 175 Å². The van der Waals surface area contributed by atoms with Crippen LogP contribution in [-0.2, 0) is 6.54 Å². The molecular formula is C24H23N5O. The van der Waals surface area contributed by atoms with E-state index in [0.717, 1.165) is 28.3 Å². The molecule has 0 bridgehead atoms. The molecular weight excluding hydrogens is 374 g/mol. The quantitative estimate of drug-likeness (QED) is 0.516. The second kappa shape index (κ2) is 8.69.